The van der Waals surface area contributed by atoms with E-state index in [4.69, 9.17) is 14.2 Å². The van der Waals surface area contributed by atoms with E-state index in [0.717, 1.165) is 57.8 Å². The molecule has 0 aromatic rings. The summed E-state index contributed by atoms with van der Waals surface area (Å²) in [4.78, 5) is 37.8. The van der Waals surface area contributed by atoms with Crippen molar-refractivity contribution in [1.29, 1.82) is 0 Å². The van der Waals surface area contributed by atoms with E-state index in [1.54, 1.807) is 0 Å². The summed E-state index contributed by atoms with van der Waals surface area (Å²) in [7, 11) is 0. The van der Waals surface area contributed by atoms with E-state index in [1.165, 1.54) is 173 Å². The predicted molar refractivity (Wildman–Crippen MR) is 238 cm³/mol. The Hall–Kier alpha value is -1.85. The van der Waals surface area contributed by atoms with E-state index >= 15 is 0 Å². The highest BCUT2D eigenvalue weighted by atomic mass is 16.6. The fourth-order valence-electron chi connectivity index (χ4n) is 7.26. The van der Waals surface area contributed by atoms with Crippen LogP contribution in [0.25, 0.3) is 0 Å². The smallest absolute Gasteiger partial charge is 0.306 e. The molecule has 0 saturated heterocycles. The molecule has 6 heteroatoms. The van der Waals surface area contributed by atoms with Crippen molar-refractivity contribution in [3.8, 4) is 0 Å². The van der Waals surface area contributed by atoms with Gasteiger partial charge in [0.2, 0.25) is 0 Å². The lowest BCUT2D eigenvalue weighted by Gasteiger charge is -2.18. The minimum absolute atomic E-state index is 0.0664. The Kier molecular flexibility index (Phi) is 44.3. The molecule has 0 aliphatic carbocycles. The number of esters is 3. The molecular weight excluding hydrogens is 697 g/mol. The molecule has 0 aliphatic heterocycles. The van der Waals surface area contributed by atoms with Gasteiger partial charge in [0.25, 0.3) is 0 Å². The van der Waals surface area contributed by atoms with Gasteiger partial charge in [-0.15, -0.1) is 0 Å². The zero-order valence-electron chi connectivity index (χ0n) is 37.7. The Bertz CT molecular complexity index is 870. The molecule has 0 spiro atoms. The quantitative estimate of drug-likeness (QED) is 0.0264. The fourth-order valence-corrected chi connectivity index (χ4v) is 7.26. The molecule has 330 valence electrons. The van der Waals surface area contributed by atoms with Gasteiger partial charge in [-0.25, -0.2) is 0 Å². The molecule has 0 aromatic carbocycles. The first kappa shape index (κ1) is 54.2. The summed E-state index contributed by atoms with van der Waals surface area (Å²) in [6.07, 6.45) is 49.0. The van der Waals surface area contributed by atoms with Gasteiger partial charge in [-0.3, -0.25) is 14.4 Å². The maximum Gasteiger partial charge on any atom is 0.306 e. The predicted octanol–water partition coefficient (Wildman–Crippen LogP) is 15.8. The largest absolute Gasteiger partial charge is 0.462 e. The second-order valence-electron chi connectivity index (χ2n) is 16.7. The van der Waals surface area contributed by atoms with Gasteiger partial charge in [0, 0.05) is 19.3 Å². The topological polar surface area (TPSA) is 78.9 Å². The second kappa shape index (κ2) is 45.8. The van der Waals surface area contributed by atoms with E-state index < -0.39 is 6.10 Å². The van der Waals surface area contributed by atoms with Gasteiger partial charge in [0.05, 0.1) is 0 Å². The Labute approximate surface area is 348 Å². The van der Waals surface area contributed by atoms with Crippen LogP contribution in [0.15, 0.2) is 12.2 Å². The van der Waals surface area contributed by atoms with Crippen LogP contribution in [0.1, 0.15) is 271 Å². The van der Waals surface area contributed by atoms with Crippen LogP contribution < -0.4 is 0 Å². The molecule has 0 aliphatic rings. The zero-order chi connectivity index (χ0) is 40.8. The van der Waals surface area contributed by atoms with E-state index in [-0.39, 0.29) is 31.1 Å². The van der Waals surface area contributed by atoms with Crippen LogP contribution in [0.2, 0.25) is 0 Å². The molecule has 0 radical (unpaired) electrons. The fraction of sp³-hybridized carbons (Fsp3) is 0.900. The number of unbranched alkanes of at least 4 members (excludes halogenated alkanes) is 32. The third-order valence-corrected chi connectivity index (χ3v) is 11.0. The third-order valence-electron chi connectivity index (χ3n) is 11.0. The number of rotatable bonds is 45. The van der Waals surface area contributed by atoms with Gasteiger partial charge in [-0.05, 0) is 44.9 Å². The van der Waals surface area contributed by atoms with Crippen LogP contribution in [0.5, 0.6) is 0 Å². The lowest BCUT2D eigenvalue weighted by molar-refractivity contribution is -0.167. The van der Waals surface area contributed by atoms with Gasteiger partial charge >= 0.3 is 17.9 Å². The van der Waals surface area contributed by atoms with Crippen LogP contribution in [0.4, 0.5) is 0 Å². The minimum atomic E-state index is -0.763. The van der Waals surface area contributed by atoms with E-state index in [2.05, 4.69) is 32.9 Å². The van der Waals surface area contributed by atoms with E-state index in [9.17, 15) is 14.4 Å². The normalized spacial score (nSPS) is 12.0. The van der Waals surface area contributed by atoms with Crippen molar-refractivity contribution in [3.63, 3.8) is 0 Å². The number of ether oxygens (including phenoxy) is 3. The molecule has 0 fully saturated rings. The van der Waals surface area contributed by atoms with Crippen LogP contribution in [0.3, 0.4) is 0 Å². The summed E-state index contributed by atoms with van der Waals surface area (Å²) >= 11 is 0. The molecule has 6 nitrogen and oxygen atoms in total. The summed E-state index contributed by atoms with van der Waals surface area (Å²) in [6, 6.07) is 0. The van der Waals surface area contributed by atoms with Gasteiger partial charge in [0.1, 0.15) is 13.2 Å². The molecule has 0 N–H and O–H groups in total. The number of hydrogen-bond donors (Lipinski definition) is 0. The van der Waals surface area contributed by atoms with Crippen molar-refractivity contribution in [1.82, 2.24) is 0 Å². The maximum absolute atomic E-state index is 12.7. The van der Waals surface area contributed by atoms with Crippen molar-refractivity contribution >= 4 is 17.9 Å². The number of hydrogen-bond acceptors (Lipinski definition) is 6. The molecule has 0 amide bonds. The highest BCUT2D eigenvalue weighted by molar-refractivity contribution is 5.71. The molecule has 0 saturated carbocycles. The SMILES string of the molecule is CCCCCC/C=C\CCCCCCCCCC(=O)OC[C@H](COC(=O)CCCCCCCCCCCCC)OC(=O)CCCCCCCCCCCCCC. The van der Waals surface area contributed by atoms with Crippen LogP contribution in [-0.4, -0.2) is 37.2 Å². The molecule has 0 heterocycles. The first-order valence-corrected chi connectivity index (χ1v) is 24.7. The van der Waals surface area contributed by atoms with Crippen molar-refractivity contribution in [2.24, 2.45) is 0 Å². The van der Waals surface area contributed by atoms with Crippen molar-refractivity contribution in [2.45, 2.75) is 277 Å². The Morgan fingerprint density at radius 3 is 0.911 bits per heavy atom. The molecule has 0 rings (SSSR count). The number of allylic oxidation sites excluding steroid dienone is 2. The van der Waals surface area contributed by atoms with E-state index in [0.29, 0.717) is 19.3 Å². The number of carbonyl (C=O) groups excluding carboxylic acids is 3. The lowest BCUT2D eigenvalue weighted by Crippen LogP contribution is -2.30. The highest BCUT2D eigenvalue weighted by Crippen LogP contribution is 2.16. The Morgan fingerprint density at radius 1 is 0.339 bits per heavy atom. The monoisotopic (exact) mass is 791 g/mol. The summed E-state index contributed by atoms with van der Waals surface area (Å²) in [5.74, 6) is -0.859. The van der Waals surface area contributed by atoms with E-state index in [1.807, 2.05) is 0 Å². The van der Waals surface area contributed by atoms with Crippen LogP contribution in [0, 0.1) is 0 Å². The molecular formula is C50H94O6. The van der Waals surface area contributed by atoms with Gasteiger partial charge in [0.15, 0.2) is 6.10 Å². The molecule has 56 heavy (non-hydrogen) atoms. The highest BCUT2D eigenvalue weighted by Gasteiger charge is 2.19. The summed E-state index contributed by atoms with van der Waals surface area (Å²) in [5.41, 5.74) is 0. The summed E-state index contributed by atoms with van der Waals surface area (Å²) in [5, 5.41) is 0. The molecule has 0 unspecified atom stereocenters. The van der Waals surface area contributed by atoms with Crippen LogP contribution >= 0.6 is 0 Å². The van der Waals surface area contributed by atoms with Gasteiger partial charge < -0.3 is 14.2 Å². The van der Waals surface area contributed by atoms with Crippen molar-refractivity contribution in [2.75, 3.05) is 13.2 Å². The minimum Gasteiger partial charge on any atom is -0.462 e. The standard InChI is InChI=1S/C50H94O6/c1-4-7-10-13-16-19-22-24-25-26-29-31-34-37-40-43-49(52)55-46-47(45-54-48(51)42-39-36-33-30-27-21-18-15-12-9-6-3)56-50(53)44-41-38-35-32-28-23-20-17-14-11-8-5-2/h19,22,47H,4-18,20-21,23-46H2,1-3H3/b22-19-/t47-/m0/s1. The van der Waals surface area contributed by atoms with Crippen molar-refractivity contribution < 1.29 is 28.6 Å². The lowest BCUT2D eigenvalue weighted by atomic mass is 10.0. The van der Waals surface area contributed by atoms with Gasteiger partial charge in [-0.2, -0.15) is 0 Å². The van der Waals surface area contributed by atoms with Crippen LogP contribution in [-0.2, 0) is 28.6 Å². The third kappa shape index (κ3) is 43.3. The number of carbonyl (C=O) groups is 3. The maximum atomic E-state index is 12.7. The summed E-state index contributed by atoms with van der Waals surface area (Å²) in [6.45, 7) is 6.63. The average Bonchev–Trinajstić information content (AvgIpc) is 3.19. The molecule has 0 bridgehead atoms. The Morgan fingerprint density at radius 2 is 0.589 bits per heavy atom. The first-order valence-electron chi connectivity index (χ1n) is 24.7. The second-order valence-corrected chi connectivity index (χ2v) is 16.7. The molecule has 0 aromatic heterocycles. The summed E-state index contributed by atoms with van der Waals surface area (Å²) < 4.78 is 16.8. The van der Waals surface area contributed by atoms with Gasteiger partial charge in [-0.1, -0.05) is 219 Å². The van der Waals surface area contributed by atoms with Crippen molar-refractivity contribution in [3.05, 3.63) is 12.2 Å². The average molecular weight is 791 g/mol. The first-order chi connectivity index (χ1) is 27.5. The zero-order valence-corrected chi connectivity index (χ0v) is 37.7. The molecule has 1 atom stereocenters. The Balaban J connectivity index is 4.32.